The Morgan fingerprint density at radius 3 is 2.14 bits per heavy atom. The van der Waals surface area contributed by atoms with Crippen LogP contribution in [0.15, 0.2) is 24.3 Å². The van der Waals surface area contributed by atoms with Gasteiger partial charge in [-0.05, 0) is 118 Å². The first kappa shape index (κ1) is 28.3. The fraction of sp³-hybridized carbons (Fsp3) is 0.794. The highest BCUT2D eigenvalue weighted by atomic mass is 14.4. The van der Waals surface area contributed by atoms with E-state index in [9.17, 15) is 5.26 Å². The normalized spacial score (nSPS) is 27.9. The number of hydrogen-bond donors (Lipinski definition) is 0. The van der Waals surface area contributed by atoms with Crippen LogP contribution in [-0.2, 0) is 6.42 Å². The van der Waals surface area contributed by atoms with E-state index in [1.54, 1.807) is 5.56 Å². The van der Waals surface area contributed by atoms with E-state index in [4.69, 9.17) is 0 Å². The Kier molecular flexibility index (Phi) is 12.2. The maximum atomic E-state index is 10.1. The van der Waals surface area contributed by atoms with Gasteiger partial charge in [0.15, 0.2) is 0 Å². The SMILES string of the molecule is CCCCCCCCc1ccc(C2CCC(CCC3(C#N)CCC(C[C@H](C)CC)CC3)CC2)cc1. The highest BCUT2D eigenvalue weighted by Crippen LogP contribution is 2.46. The largest absolute Gasteiger partial charge is 0.198 e. The van der Waals surface area contributed by atoms with Crippen molar-refractivity contribution < 1.29 is 0 Å². The lowest BCUT2D eigenvalue weighted by Gasteiger charge is -2.37. The first-order chi connectivity index (χ1) is 17.1. The summed E-state index contributed by atoms with van der Waals surface area (Å²) >= 11 is 0. The molecule has 0 spiro atoms. The number of aryl methyl sites for hydroxylation is 1. The van der Waals surface area contributed by atoms with Crippen LogP contribution in [0.4, 0.5) is 0 Å². The van der Waals surface area contributed by atoms with Crippen LogP contribution in [-0.4, -0.2) is 0 Å². The molecular formula is C34H55N. The van der Waals surface area contributed by atoms with Crippen LogP contribution in [0.5, 0.6) is 0 Å². The number of unbranched alkanes of at least 4 members (excludes halogenated alkanes) is 5. The van der Waals surface area contributed by atoms with Gasteiger partial charge in [0.1, 0.15) is 0 Å². The zero-order valence-corrected chi connectivity index (χ0v) is 23.5. The molecule has 196 valence electrons. The molecule has 2 aliphatic rings. The van der Waals surface area contributed by atoms with E-state index >= 15 is 0 Å². The first-order valence-corrected chi connectivity index (χ1v) is 15.6. The summed E-state index contributed by atoms with van der Waals surface area (Å²) in [4.78, 5) is 0. The molecule has 2 saturated carbocycles. The summed E-state index contributed by atoms with van der Waals surface area (Å²) < 4.78 is 0. The van der Waals surface area contributed by atoms with E-state index in [1.165, 1.54) is 108 Å². The van der Waals surface area contributed by atoms with Gasteiger partial charge in [-0.15, -0.1) is 0 Å². The maximum absolute atomic E-state index is 10.1. The average Bonchev–Trinajstić information content (AvgIpc) is 2.91. The average molecular weight is 478 g/mol. The Morgan fingerprint density at radius 2 is 1.51 bits per heavy atom. The number of nitriles is 1. The number of benzene rings is 1. The number of nitrogens with zero attached hydrogens (tertiary/aromatic N) is 1. The van der Waals surface area contributed by atoms with E-state index in [2.05, 4.69) is 51.1 Å². The Morgan fingerprint density at radius 1 is 0.857 bits per heavy atom. The van der Waals surface area contributed by atoms with Crippen LogP contribution < -0.4 is 0 Å². The molecule has 35 heavy (non-hydrogen) atoms. The molecule has 0 radical (unpaired) electrons. The Bertz CT molecular complexity index is 725. The van der Waals surface area contributed by atoms with E-state index in [1.807, 2.05) is 0 Å². The molecule has 1 aromatic carbocycles. The molecular weight excluding hydrogens is 422 g/mol. The van der Waals surface area contributed by atoms with Gasteiger partial charge in [0, 0.05) is 0 Å². The second-order valence-electron chi connectivity index (χ2n) is 12.6. The van der Waals surface area contributed by atoms with Crippen molar-refractivity contribution >= 4 is 0 Å². The van der Waals surface area contributed by atoms with Gasteiger partial charge >= 0.3 is 0 Å². The summed E-state index contributed by atoms with van der Waals surface area (Å²) in [6, 6.07) is 12.5. The quantitative estimate of drug-likeness (QED) is 0.244. The van der Waals surface area contributed by atoms with E-state index in [-0.39, 0.29) is 5.41 Å². The molecule has 0 bridgehead atoms. The van der Waals surface area contributed by atoms with Gasteiger partial charge in [-0.1, -0.05) is 83.6 Å². The topological polar surface area (TPSA) is 23.8 Å². The molecule has 0 aromatic heterocycles. The van der Waals surface area contributed by atoms with Crippen LogP contribution >= 0.6 is 0 Å². The summed E-state index contributed by atoms with van der Waals surface area (Å²) in [6.07, 6.45) is 25.0. The predicted octanol–water partition coefficient (Wildman–Crippen LogP) is 10.8. The van der Waals surface area contributed by atoms with Gasteiger partial charge in [-0.3, -0.25) is 0 Å². The maximum Gasteiger partial charge on any atom is 0.0689 e. The molecule has 1 nitrogen and oxygen atoms in total. The molecule has 0 saturated heterocycles. The minimum absolute atomic E-state index is 0.00532. The smallest absolute Gasteiger partial charge is 0.0689 e. The molecule has 1 aromatic rings. The lowest BCUT2D eigenvalue weighted by molar-refractivity contribution is 0.160. The lowest BCUT2D eigenvalue weighted by Crippen LogP contribution is -2.28. The van der Waals surface area contributed by atoms with Crippen molar-refractivity contribution in [1.29, 1.82) is 5.26 Å². The minimum Gasteiger partial charge on any atom is -0.198 e. The van der Waals surface area contributed by atoms with Gasteiger partial charge in [0.2, 0.25) is 0 Å². The monoisotopic (exact) mass is 477 g/mol. The van der Waals surface area contributed by atoms with Crippen molar-refractivity contribution in [2.24, 2.45) is 23.2 Å². The van der Waals surface area contributed by atoms with Gasteiger partial charge in [0.05, 0.1) is 11.5 Å². The summed E-state index contributed by atoms with van der Waals surface area (Å²) in [5.74, 6) is 3.33. The molecule has 0 aliphatic heterocycles. The van der Waals surface area contributed by atoms with Crippen molar-refractivity contribution in [2.75, 3.05) is 0 Å². The zero-order valence-electron chi connectivity index (χ0n) is 23.5. The van der Waals surface area contributed by atoms with Gasteiger partial charge < -0.3 is 0 Å². The van der Waals surface area contributed by atoms with Crippen molar-refractivity contribution in [2.45, 2.75) is 149 Å². The van der Waals surface area contributed by atoms with E-state index in [0.29, 0.717) is 0 Å². The molecule has 0 unspecified atom stereocenters. The van der Waals surface area contributed by atoms with Gasteiger partial charge in [-0.2, -0.15) is 5.26 Å². The second kappa shape index (κ2) is 15.1. The Hall–Kier alpha value is -1.29. The highest BCUT2D eigenvalue weighted by Gasteiger charge is 2.36. The van der Waals surface area contributed by atoms with Crippen LogP contribution in [0, 0.1) is 34.5 Å². The van der Waals surface area contributed by atoms with Gasteiger partial charge in [0.25, 0.3) is 0 Å². The second-order valence-corrected chi connectivity index (χ2v) is 12.6. The van der Waals surface area contributed by atoms with Gasteiger partial charge in [-0.25, -0.2) is 0 Å². The molecule has 0 N–H and O–H groups in total. The van der Waals surface area contributed by atoms with Crippen LogP contribution in [0.1, 0.15) is 153 Å². The zero-order chi connectivity index (χ0) is 24.9. The number of rotatable bonds is 14. The predicted molar refractivity (Wildman–Crippen MR) is 152 cm³/mol. The summed E-state index contributed by atoms with van der Waals surface area (Å²) in [7, 11) is 0. The molecule has 2 fully saturated rings. The standard InChI is InChI=1S/C34H55N/c1-4-6-7-8-9-10-11-29-12-16-32(17-13-29)33-18-14-30(15-19-33)20-23-34(27-35)24-21-31(22-25-34)26-28(3)5-2/h12-13,16-17,28,30-31,33H,4-11,14-15,18-26H2,1-3H3/t28-,30?,31?,33?,34?/m1/s1. The molecule has 0 amide bonds. The molecule has 3 rings (SSSR count). The summed E-state index contributed by atoms with van der Waals surface area (Å²) in [6.45, 7) is 7.00. The van der Waals surface area contributed by atoms with E-state index < -0.39 is 0 Å². The van der Waals surface area contributed by atoms with Crippen molar-refractivity contribution in [3.63, 3.8) is 0 Å². The molecule has 1 atom stereocenters. The first-order valence-electron chi connectivity index (χ1n) is 15.6. The fourth-order valence-corrected chi connectivity index (χ4v) is 6.95. The van der Waals surface area contributed by atoms with Crippen LogP contribution in [0.3, 0.4) is 0 Å². The summed E-state index contributed by atoms with van der Waals surface area (Å²) in [5.41, 5.74) is 3.09. The third-order valence-corrected chi connectivity index (χ3v) is 9.88. The van der Waals surface area contributed by atoms with Crippen molar-refractivity contribution in [3.05, 3.63) is 35.4 Å². The number of hydrogen-bond acceptors (Lipinski definition) is 1. The molecule has 0 heterocycles. The fourth-order valence-electron chi connectivity index (χ4n) is 6.95. The molecule has 1 heteroatoms. The van der Waals surface area contributed by atoms with Crippen molar-refractivity contribution in [3.8, 4) is 6.07 Å². The minimum atomic E-state index is -0.00532. The van der Waals surface area contributed by atoms with Crippen LogP contribution in [0.2, 0.25) is 0 Å². The lowest BCUT2D eigenvalue weighted by atomic mass is 9.66. The highest BCUT2D eigenvalue weighted by molar-refractivity contribution is 5.26. The van der Waals surface area contributed by atoms with Crippen molar-refractivity contribution in [1.82, 2.24) is 0 Å². The third-order valence-electron chi connectivity index (χ3n) is 9.88. The summed E-state index contributed by atoms with van der Waals surface area (Å²) in [5, 5.41) is 10.1. The third kappa shape index (κ3) is 9.26. The van der Waals surface area contributed by atoms with Crippen LogP contribution in [0.25, 0.3) is 0 Å². The van der Waals surface area contributed by atoms with E-state index in [0.717, 1.165) is 42.9 Å². The molecule has 2 aliphatic carbocycles. The Balaban J connectivity index is 1.35. The Labute approximate surface area is 218 Å².